The van der Waals surface area contributed by atoms with Crippen LogP contribution in [-0.4, -0.2) is 59.8 Å². The van der Waals surface area contributed by atoms with E-state index in [1.54, 1.807) is 36.4 Å². The summed E-state index contributed by atoms with van der Waals surface area (Å²) in [7, 11) is -2.09. The average molecular weight is 452 g/mol. The van der Waals surface area contributed by atoms with Crippen LogP contribution < -0.4 is 21.6 Å². The highest BCUT2D eigenvalue weighted by Gasteiger charge is 2.29. The summed E-state index contributed by atoms with van der Waals surface area (Å²) in [5.41, 5.74) is 3.30. The Labute approximate surface area is 190 Å². The van der Waals surface area contributed by atoms with E-state index >= 15 is 0 Å². The van der Waals surface area contributed by atoms with Gasteiger partial charge in [-0.15, -0.1) is 0 Å². The highest BCUT2D eigenvalue weighted by Crippen LogP contribution is 2.13. The van der Waals surface area contributed by atoms with Crippen molar-refractivity contribution in [3.05, 3.63) is 58.7 Å². The summed E-state index contributed by atoms with van der Waals surface area (Å²) in [6, 6.07) is 9.02. The van der Waals surface area contributed by atoms with Crippen LogP contribution in [0.15, 0.2) is 36.4 Å². The van der Waals surface area contributed by atoms with Crippen molar-refractivity contribution in [2.45, 2.75) is 32.1 Å². The van der Waals surface area contributed by atoms with Crippen molar-refractivity contribution in [3.63, 3.8) is 0 Å². The molecule has 0 saturated carbocycles. The van der Waals surface area contributed by atoms with E-state index in [4.69, 9.17) is 14.4 Å². The molecule has 0 radical (unpaired) electrons. The van der Waals surface area contributed by atoms with Crippen LogP contribution in [0.5, 0.6) is 0 Å². The zero-order chi connectivity index (χ0) is 23.5. The van der Waals surface area contributed by atoms with Crippen molar-refractivity contribution in [2.75, 3.05) is 6.54 Å². The number of benzene rings is 2. The maximum absolute atomic E-state index is 12.7. The van der Waals surface area contributed by atoms with Crippen LogP contribution in [-0.2, 0) is 27.3 Å². The molecule has 0 aromatic heterocycles. The molecule has 2 aliphatic rings. The molecule has 12 heteroatoms. The molecule has 10 nitrogen and oxygen atoms in total. The molecule has 2 aromatic rings. The first-order valence-electron chi connectivity index (χ1n) is 10.5. The van der Waals surface area contributed by atoms with Gasteiger partial charge in [0.25, 0.3) is 11.8 Å². The van der Waals surface area contributed by atoms with E-state index in [-0.39, 0.29) is 32.6 Å². The molecule has 0 saturated heterocycles. The van der Waals surface area contributed by atoms with E-state index in [9.17, 15) is 24.4 Å². The number of fused-ring (bicyclic) bond motifs is 2. The van der Waals surface area contributed by atoms with Crippen LogP contribution in [0.3, 0.4) is 0 Å². The number of hydrogen-bond acceptors (Lipinski definition) is 7. The van der Waals surface area contributed by atoms with Crippen LogP contribution in [0, 0.1) is 0 Å². The number of nitrogens with one attached hydrogen (secondary N) is 2. The van der Waals surface area contributed by atoms with E-state index < -0.39 is 38.1 Å². The van der Waals surface area contributed by atoms with Crippen molar-refractivity contribution in [1.82, 2.24) is 10.6 Å². The summed E-state index contributed by atoms with van der Waals surface area (Å²) in [4.78, 5) is 36.4. The third kappa shape index (κ3) is 5.25. The Bertz CT molecular complexity index is 1100. The molecular weight excluding hydrogens is 430 g/mol. The Morgan fingerprint density at radius 2 is 1.58 bits per heavy atom. The minimum Gasteiger partial charge on any atom is -0.481 e. The quantitative estimate of drug-likeness (QED) is 0.304. The minimum absolute atomic E-state index is 0.0146. The number of amides is 2. The Morgan fingerprint density at radius 3 is 2.33 bits per heavy atom. The highest BCUT2D eigenvalue weighted by atomic mass is 16.5. The van der Waals surface area contributed by atoms with Crippen molar-refractivity contribution < 1.29 is 38.8 Å². The van der Waals surface area contributed by atoms with Gasteiger partial charge in [0.15, 0.2) is 0 Å². The van der Waals surface area contributed by atoms with Crippen LogP contribution in [0.25, 0.3) is 0 Å². The van der Waals surface area contributed by atoms with Gasteiger partial charge < -0.3 is 35.1 Å². The number of rotatable bonds is 8. The third-order valence-corrected chi connectivity index (χ3v) is 5.69. The second kappa shape index (κ2) is 9.75. The lowest BCUT2D eigenvalue weighted by Crippen LogP contribution is -2.44. The normalized spacial score (nSPS) is 15.1. The van der Waals surface area contributed by atoms with Gasteiger partial charge in [0.05, 0.1) is 13.2 Å². The smallest absolute Gasteiger partial charge is 0.481 e. The molecular formula is C21H22B2N2O8. The largest absolute Gasteiger partial charge is 0.491 e. The molecule has 0 aliphatic carbocycles. The lowest BCUT2D eigenvalue weighted by atomic mass is 9.79. The molecule has 0 bridgehead atoms. The summed E-state index contributed by atoms with van der Waals surface area (Å²) in [6.07, 6.45) is -0.0712. The summed E-state index contributed by atoms with van der Waals surface area (Å²) in [5.74, 6) is -1.87. The zero-order valence-corrected chi connectivity index (χ0v) is 17.6. The standard InChI is InChI=1S/C21H22B2N2O8/c26-19(27)6-4-16(25-21(29)12-3-5-17-15(7-12)11-33-22(17)30)9-24-20(28)13-1-2-14-10-32-23(31)18(14)8-13/h1-3,5,7-8,16,30-31H,4,6,9-11H2,(H,24,28)(H,25,29)(H,26,27). The van der Waals surface area contributed by atoms with E-state index in [1.807, 2.05) is 0 Å². The van der Waals surface area contributed by atoms with Crippen LogP contribution >= 0.6 is 0 Å². The summed E-state index contributed by atoms with van der Waals surface area (Å²) >= 11 is 0. The van der Waals surface area contributed by atoms with Gasteiger partial charge in [-0.3, -0.25) is 14.4 Å². The first-order valence-corrected chi connectivity index (χ1v) is 10.5. The van der Waals surface area contributed by atoms with Gasteiger partial charge >= 0.3 is 20.2 Å². The van der Waals surface area contributed by atoms with Gasteiger partial charge in [-0.1, -0.05) is 12.1 Å². The Balaban J connectivity index is 1.41. The zero-order valence-electron chi connectivity index (χ0n) is 17.6. The fourth-order valence-electron chi connectivity index (χ4n) is 3.84. The molecule has 33 heavy (non-hydrogen) atoms. The van der Waals surface area contributed by atoms with Gasteiger partial charge in [-0.05, 0) is 52.7 Å². The summed E-state index contributed by atoms with van der Waals surface area (Å²) in [5, 5.41) is 34.1. The van der Waals surface area contributed by atoms with Crippen LogP contribution in [0.4, 0.5) is 0 Å². The van der Waals surface area contributed by atoms with E-state index in [0.29, 0.717) is 27.6 Å². The Hall–Kier alpha value is -3.18. The molecule has 2 aromatic carbocycles. The number of carboxylic acids is 1. The van der Waals surface area contributed by atoms with Crippen molar-refractivity contribution in [1.29, 1.82) is 0 Å². The third-order valence-electron chi connectivity index (χ3n) is 5.69. The van der Waals surface area contributed by atoms with Gasteiger partial charge in [-0.2, -0.15) is 0 Å². The molecule has 0 spiro atoms. The molecule has 2 aliphatic heterocycles. The van der Waals surface area contributed by atoms with Gasteiger partial charge in [0.1, 0.15) is 0 Å². The van der Waals surface area contributed by atoms with Crippen molar-refractivity contribution in [2.24, 2.45) is 0 Å². The number of carboxylic acid groups (broad SMARTS) is 1. The molecule has 5 N–H and O–H groups in total. The average Bonchev–Trinajstić information content (AvgIpc) is 3.37. The van der Waals surface area contributed by atoms with Gasteiger partial charge in [-0.25, -0.2) is 0 Å². The fourth-order valence-corrected chi connectivity index (χ4v) is 3.84. The maximum Gasteiger partial charge on any atom is 0.491 e. The van der Waals surface area contributed by atoms with Crippen LogP contribution in [0.1, 0.15) is 44.7 Å². The summed E-state index contributed by atoms with van der Waals surface area (Å²) < 4.78 is 10.3. The predicted octanol–water partition coefficient (Wildman–Crippen LogP) is -1.48. The van der Waals surface area contributed by atoms with E-state index in [0.717, 1.165) is 5.56 Å². The number of hydrogen-bond donors (Lipinski definition) is 5. The lowest BCUT2D eigenvalue weighted by Gasteiger charge is -2.19. The maximum atomic E-state index is 12.7. The molecule has 2 amide bonds. The first kappa shape index (κ1) is 23.0. The monoisotopic (exact) mass is 452 g/mol. The summed E-state index contributed by atoms with van der Waals surface area (Å²) in [6.45, 7) is 0.479. The lowest BCUT2D eigenvalue weighted by molar-refractivity contribution is -0.137. The molecule has 1 atom stereocenters. The topological polar surface area (TPSA) is 154 Å². The Morgan fingerprint density at radius 1 is 0.909 bits per heavy atom. The minimum atomic E-state index is -1.07. The number of carbonyl (C=O) groups excluding carboxylic acids is 2. The van der Waals surface area contributed by atoms with Crippen molar-refractivity contribution in [3.8, 4) is 0 Å². The van der Waals surface area contributed by atoms with Gasteiger partial charge in [0, 0.05) is 30.1 Å². The highest BCUT2D eigenvalue weighted by molar-refractivity contribution is 6.62. The molecule has 170 valence electrons. The number of aliphatic carboxylic acids is 1. The molecule has 4 rings (SSSR count). The molecule has 1 unspecified atom stereocenters. The second-order valence-electron chi connectivity index (χ2n) is 7.97. The fraction of sp³-hybridized carbons (Fsp3) is 0.286. The molecule has 2 heterocycles. The SMILES string of the molecule is O=C(O)CCC(CNC(=O)c1ccc2c(c1)B(O)OC2)NC(=O)c1ccc2c(c1)COB2O. The van der Waals surface area contributed by atoms with Crippen molar-refractivity contribution >= 4 is 42.9 Å². The first-order chi connectivity index (χ1) is 15.8. The predicted molar refractivity (Wildman–Crippen MR) is 118 cm³/mol. The van der Waals surface area contributed by atoms with Gasteiger partial charge in [0.2, 0.25) is 0 Å². The second-order valence-corrected chi connectivity index (χ2v) is 7.97. The van der Waals surface area contributed by atoms with E-state index in [1.165, 1.54) is 0 Å². The number of carbonyl (C=O) groups is 3. The van der Waals surface area contributed by atoms with Crippen LogP contribution in [0.2, 0.25) is 0 Å². The van der Waals surface area contributed by atoms with E-state index in [2.05, 4.69) is 10.6 Å². The molecule has 0 fully saturated rings. The Kier molecular flexibility index (Phi) is 6.80.